The zero-order chi connectivity index (χ0) is 11.4. The summed E-state index contributed by atoms with van der Waals surface area (Å²) >= 11 is 0. The average molecular weight is 212 g/mol. The van der Waals surface area contributed by atoms with E-state index in [1.165, 1.54) is 6.92 Å². The molecule has 1 aliphatic rings. The van der Waals surface area contributed by atoms with Crippen molar-refractivity contribution < 1.29 is 9.59 Å². The van der Waals surface area contributed by atoms with Gasteiger partial charge in [0.2, 0.25) is 5.91 Å². The third-order valence-electron chi connectivity index (χ3n) is 2.97. The second-order valence-electron chi connectivity index (χ2n) is 4.29. The molecule has 1 fully saturated rings. The lowest BCUT2D eigenvalue weighted by molar-refractivity contribution is -0.138. The molecule has 0 aromatic carbocycles. The molecular weight excluding hydrogens is 192 g/mol. The molecule has 2 atom stereocenters. The van der Waals surface area contributed by atoms with Crippen LogP contribution in [0.4, 0.5) is 0 Å². The molecule has 86 valence electrons. The summed E-state index contributed by atoms with van der Waals surface area (Å²) in [6, 6.07) is 0.0639. The molecule has 4 nitrogen and oxygen atoms in total. The Kier molecular flexibility index (Phi) is 4.27. The first-order chi connectivity index (χ1) is 7.06. The van der Waals surface area contributed by atoms with Crippen LogP contribution in [0.25, 0.3) is 0 Å². The molecule has 1 rings (SSSR count). The zero-order valence-corrected chi connectivity index (χ0v) is 9.75. The molecule has 1 saturated heterocycles. The molecule has 1 aliphatic heterocycles. The maximum Gasteiger partial charge on any atom is 0.240 e. The van der Waals surface area contributed by atoms with E-state index in [0.29, 0.717) is 0 Å². The van der Waals surface area contributed by atoms with Gasteiger partial charge in [-0.1, -0.05) is 0 Å². The normalized spacial score (nSPS) is 27.7. The zero-order valence-electron chi connectivity index (χ0n) is 9.75. The van der Waals surface area contributed by atoms with Crippen LogP contribution in [0.2, 0.25) is 0 Å². The van der Waals surface area contributed by atoms with E-state index in [1.54, 1.807) is 11.9 Å². The smallest absolute Gasteiger partial charge is 0.240 e. The van der Waals surface area contributed by atoms with E-state index < -0.39 is 0 Å². The van der Waals surface area contributed by atoms with Crippen LogP contribution in [0.1, 0.15) is 33.1 Å². The van der Waals surface area contributed by atoms with E-state index >= 15 is 0 Å². The minimum atomic E-state index is -0.116. The number of likely N-dealkylation sites (N-methyl/N-ethyl adjacent to an activating group) is 1. The van der Waals surface area contributed by atoms with Crippen LogP contribution >= 0.6 is 0 Å². The molecule has 0 aliphatic carbocycles. The van der Waals surface area contributed by atoms with Gasteiger partial charge in [0, 0.05) is 6.04 Å². The molecule has 0 bridgehead atoms. The lowest BCUT2D eigenvalue weighted by Crippen LogP contribution is -2.48. The number of nitrogens with one attached hydrogen (secondary N) is 1. The number of hydrogen-bond donors (Lipinski definition) is 1. The summed E-state index contributed by atoms with van der Waals surface area (Å²) in [5.41, 5.74) is 0. The Labute approximate surface area is 91.0 Å². The van der Waals surface area contributed by atoms with Gasteiger partial charge in [-0.25, -0.2) is 0 Å². The van der Waals surface area contributed by atoms with Crippen LogP contribution in [0, 0.1) is 0 Å². The van der Waals surface area contributed by atoms with E-state index in [-0.39, 0.29) is 30.3 Å². The van der Waals surface area contributed by atoms with E-state index in [2.05, 4.69) is 5.32 Å². The van der Waals surface area contributed by atoms with Gasteiger partial charge in [-0.15, -0.1) is 0 Å². The van der Waals surface area contributed by atoms with Gasteiger partial charge >= 0.3 is 0 Å². The molecule has 0 spiro atoms. The van der Waals surface area contributed by atoms with Crippen molar-refractivity contribution in [3.63, 3.8) is 0 Å². The lowest BCUT2D eigenvalue weighted by Gasteiger charge is -2.28. The summed E-state index contributed by atoms with van der Waals surface area (Å²) in [6.45, 7) is 3.79. The predicted molar refractivity (Wildman–Crippen MR) is 58.6 cm³/mol. The number of rotatable bonds is 3. The minimum absolute atomic E-state index is 0.0481. The molecular formula is C11H20N2O2. The van der Waals surface area contributed by atoms with Crippen molar-refractivity contribution in [1.82, 2.24) is 10.2 Å². The number of likely N-dealkylation sites (tertiary alicyclic amines) is 1. The summed E-state index contributed by atoms with van der Waals surface area (Å²) in [4.78, 5) is 24.8. The first kappa shape index (κ1) is 12.2. The number of nitrogens with zero attached hydrogens (tertiary/aromatic N) is 1. The monoisotopic (exact) mass is 212 g/mol. The van der Waals surface area contributed by atoms with Gasteiger partial charge in [0.25, 0.3) is 0 Å². The van der Waals surface area contributed by atoms with Gasteiger partial charge < -0.3 is 10.2 Å². The lowest BCUT2D eigenvalue weighted by atomic mass is 10.1. The highest BCUT2D eigenvalue weighted by atomic mass is 16.2. The van der Waals surface area contributed by atoms with Crippen LogP contribution in [0.5, 0.6) is 0 Å². The van der Waals surface area contributed by atoms with Crippen molar-refractivity contribution >= 4 is 11.7 Å². The maximum atomic E-state index is 12.0. The van der Waals surface area contributed by atoms with Crippen LogP contribution in [0.15, 0.2) is 0 Å². The van der Waals surface area contributed by atoms with Crippen molar-refractivity contribution in [2.24, 2.45) is 0 Å². The van der Waals surface area contributed by atoms with Crippen molar-refractivity contribution in [2.75, 3.05) is 13.6 Å². The number of carbonyl (C=O) groups is 2. The third kappa shape index (κ3) is 3.02. The van der Waals surface area contributed by atoms with Crippen molar-refractivity contribution in [3.05, 3.63) is 0 Å². The van der Waals surface area contributed by atoms with E-state index in [4.69, 9.17) is 0 Å². The highest BCUT2D eigenvalue weighted by Gasteiger charge is 2.30. The summed E-state index contributed by atoms with van der Waals surface area (Å²) in [6.07, 6.45) is 2.89. The quantitative estimate of drug-likeness (QED) is 0.744. The van der Waals surface area contributed by atoms with Gasteiger partial charge in [0.1, 0.15) is 5.78 Å². The third-order valence-corrected chi connectivity index (χ3v) is 2.97. The number of carbonyl (C=O) groups excluding carboxylic acids is 2. The van der Waals surface area contributed by atoms with E-state index in [0.717, 1.165) is 19.3 Å². The van der Waals surface area contributed by atoms with Crippen LogP contribution in [-0.4, -0.2) is 42.3 Å². The van der Waals surface area contributed by atoms with Crippen molar-refractivity contribution in [2.45, 2.75) is 45.2 Å². The number of hydrogen-bond acceptors (Lipinski definition) is 3. The maximum absolute atomic E-state index is 12.0. The molecule has 1 amide bonds. The fraction of sp³-hybridized carbons (Fsp3) is 0.818. The van der Waals surface area contributed by atoms with Gasteiger partial charge in [-0.2, -0.15) is 0 Å². The second kappa shape index (κ2) is 5.26. The van der Waals surface area contributed by atoms with Gasteiger partial charge in [-0.3, -0.25) is 9.59 Å². The Morgan fingerprint density at radius 1 is 1.53 bits per heavy atom. The Hall–Kier alpha value is -0.900. The number of amides is 1. The predicted octanol–water partition coefficient (Wildman–Crippen LogP) is 0.564. The summed E-state index contributed by atoms with van der Waals surface area (Å²) < 4.78 is 0. The standard InChI is InChI=1S/C11H20N2O2/c1-8-5-4-6-10(12-3)11(15)13(8)7-9(2)14/h8,10,12H,4-7H2,1-3H3. The van der Waals surface area contributed by atoms with E-state index in [1.807, 2.05) is 6.92 Å². The Morgan fingerprint density at radius 2 is 2.20 bits per heavy atom. The molecule has 4 heteroatoms. The van der Waals surface area contributed by atoms with Crippen LogP contribution in [0.3, 0.4) is 0 Å². The minimum Gasteiger partial charge on any atom is -0.331 e. The Morgan fingerprint density at radius 3 is 2.73 bits per heavy atom. The number of Topliss-reactive ketones (excluding diaryl/α,β-unsaturated/α-hetero) is 1. The molecule has 0 aromatic heterocycles. The molecule has 1 N–H and O–H groups in total. The first-order valence-corrected chi connectivity index (χ1v) is 5.53. The SMILES string of the molecule is CNC1CCCC(C)N(CC(C)=O)C1=O. The average Bonchev–Trinajstić information content (AvgIpc) is 2.30. The molecule has 0 radical (unpaired) electrons. The summed E-state index contributed by atoms with van der Waals surface area (Å²) in [7, 11) is 1.80. The van der Waals surface area contributed by atoms with Gasteiger partial charge in [-0.05, 0) is 40.2 Å². The number of ketones is 1. The topological polar surface area (TPSA) is 49.4 Å². The molecule has 0 aromatic rings. The fourth-order valence-corrected chi connectivity index (χ4v) is 2.06. The Bertz CT molecular complexity index is 253. The van der Waals surface area contributed by atoms with Crippen molar-refractivity contribution in [1.29, 1.82) is 0 Å². The van der Waals surface area contributed by atoms with Crippen molar-refractivity contribution in [3.8, 4) is 0 Å². The van der Waals surface area contributed by atoms with Crippen LogP contribution < -0.4 is 5.32 Å². The highest BCUT2D eigenvalue weighted by Crippen LogP contribution is 2.17. The molecule has 0 saturated carbocycles. The Balaban J connectivity index is 2.77. The molecule has 2 unspecified atom stereocenters. The largest absolute Gasteiger partial charge is 0.331 e. The van der Waals surface area contributed by atoms with E-state index in [9.17, 15) is 9.59 Å². The van der Waals surface area contributed by atoms with Gasteiger partial charge in [0.05, 0.1) is 12.6 Å². The second-order valence-corrected chi connectivity index (χ2v) is 4.29. The summed E-state index contributed by atoms with van der Waals surface area (Å²) in [5, 5.41) is 3.01. The first-order valence-electron chi connectivity index (χ1n) is 5.53. The summed E-state index contributed by atoms with van der Waals surface area (Å²) in [5.74, 6) is 0.115. The fourth-order valence-electron chi connectivity index (χ4n) is 2.06. The highest BCUT2D eigenvalue weighted by molar-refractivity contribution is 5.87. The van der Waals surface area contributed by atoms with Gasteiger partial charge in [0.15, 0.2) is 0 Å². The molecule has 1 heterocycles. The van der Waals surface area contributed by atoms with Crippen LogP contribution in [-0.2, 0) is 9.59 Å². The molecule has 15 heavy (non-hydrogen) atoms.